The van der Waals surface area contributed by atoms with Crippen LogP contribution in [0.4, 0.5) is 0 Å². The van der Waals surface area contributed by atoms with Crippen molar-refractivity contribution in [1.82, 2.24) is 9.97 Å². The van der Waals surface area contributed by atoms with Gasteiger partial charge < -0.3 is 9.47 Å². The van der Waals surface area contributed by atoms with Crippen molar-refractivity contribution in [2.45, 2.75) is 20.0 Å². The molecule has 162 valence electrons. The first-order valence-corrected chi connectivity index (χ1v) is 10.1. The number of pyridine rings is 2. The van der Waals surface area contributed by atoms with Gasteiger partial charge in [-0.25, -0.2) is 0 Å². The molecule has 0 saturated heterocycles. The number of hydrogen-bond acceptors (Lipinski definition) is 6. The van der Waals surface area contributed by atoms with Gasteiger partial charge in [-0.2, -0.15) is 0 Å². The number of rotatable bonds is 10. The lowest BCUT2D eigenvalue weighted by molar-refractivity contribution is -0.121. The van der Waals surface area contributed by atoms with Crippen LogP contribution in [0.5, 0.6) is 11.5 Å². The Morgan fingerprint density at radius 2 is 1.78 bits per heavy atom. The van der Waals surface area contributed by atoms with Gasteiger partial charge in [0.25, 0.3) is 0 Å². The number of ketones is 2. The van der Waals surface area contributed by atoms with Crippen molar-refractivity contribution in [3.8, 4) is 11.5 Å². The van der Waals surface area contributed by atoms with E-state index in [-0.39, 0.29) is 18.0 Å². The molecule has 0 bridgehead atoms. The highest BCUT2D eigenvalue weighted by Crippen LogP contribution is 2.26. The van der Waals surface area contributed by atoms with Crippen LogP contribution in [0.15, 0.2) is 72.9 Å². The van der Waals surface area contributed by atoms with Crippen molar-refractivity contribution in [2.24, 2.45) is 0 Å². The van der Waals surface area contributed by atoms with Gasteiger partial charge in [0.15, 0.2) is 11.6 Å². The van der Waals surface area contributed by atoms with Crippen molar-refractivity contribution in [3.05, 3.63) is 95.6 Å². The molecule has 1 aromatic carbocycles. The molecule has 0 aliphatic rings. The lowest BCUT2D eigenvalue weighted by Gasteiger charge is -2.09. The number of nitrogens with zero attached hydrogens (tertiary/aromatic N) is 2. The van der Waals surface area contributed by atoms with Crippen LogP contribution in [0, 0.1) is 6.92 Å². The van der Waals surface area contributed by atoms with E-state index in [1.807, 2.05) is 37.3 Å². The van der Waals surface area contributed by atoms with Crippen molar-refractivity contribution in [1.29, 1.82) is 0 Å². The number of benzene rings is 1. The van der Waals surface area contributed by atoms with E-state index < -0.39 is 0 Å². The third-order valence-corrected chi connectivity index (χ3v) is 4.46. The molecular formula is C26H24N2O4. The zero-order valence-corrected chi connectivity index (χ0v) is 18.0. The topological polar surface area (TPSA) is 78.4 Å². The fourth-order valence-electron chi connectivity index (χ4n) is 2.87. The summed E-state index contributed by atoms with van der Waals surface area (Å²) in [5.41, 5.74) is 3.06. The van der Waals surface area contributed by atoms with Gasteiger partial charge in [-0.1, -0.05) is 12.1 Å². The summed E-state index contributed by atoms with van der Waals surface area (Å²) in [6, 6.07) is 16.5. The summed E-state index contributed by atoms with van der Waals surface area (Å²) in [6.07, 6.45) is 7.49. The van der Waals surface area contributed by atoms with Gasteiger partial charge in [0.1, 0.15) is 18.1 Å². The van der Waals surface area contributed by atoms with Gasteiger partial charge in [0.2, 0.25) is 0 Å². The monoisotopic (exact) mass is 428 g/mol. The number of carbonyl (C=O) groups excluding carboxylic acids is 2. The second kappa shape index (κ2) is 11.4. The average molecular weight is 428 g/mol. The van der Waals surface area contributed by atoms with E-state index in [0.717, 1.165) is 11.4 Å². The third kappa shape index (κ3) is 7.02. The van der Waals surface area contributed by atoms with Crippen LogP contribution in [0.25, 0.3) is 12.2 Å². The van der Waals surface area contributed by atoms with Crippen molar-refractivity contribution >= 4 is 23.7 Å². The normalized spacial score (nSPS) is 11.1. The fraction of sp³-hybridized carbons (Fsp3) is 0.154. The first kappa shape index (κ1) is 22.6. The molecule has 2 aromatic heterocycles. The van der Waals surface area contributed by atoms with Crippen molar-refractivity contribution in [3.63, 3.8) is 0 Å². The summed E-state index contributed by atoms with van der Waals surface area (Å²) in [5.74, 6) is 0.605. The van der Waals surface area contributed by atoms with Gasteiger partial charge in [-0.3, -0.25) is 19.6 Å². The number of aromatic nitrogens is 2. The Labute approximate surface area is 187 Å². The Morgan fingerprint density at radius 1 is 0.969 bits per heavy atom. The van der Waals surface area contributed by atoms with Crippen LogP contribution >= 0.6 is 0 Å². The highest BCUT2D eigenvalue weighted by Gasteiger charge is 2.07. The molecule has 0 fully saturated rings. The zero-order valence-electron chi connectivity index (χ0n) is 18.0. The maximum atomic E-state index is 12.2. The molecule has 0 aliphatic carbocycles. The Balaban J connectivity index is 1.57. The van der Waals surface area contributed by atoms with Gasteiger partial charge in [0, 0.05) is 23.5 Å². The standard InChI is InChI=1S/C26H24N2O4/c1-19-6-5-8-21(28-19)11-13-24(30)16-23(29)12-9-20-10-14-25(17-26(20)31-2)32-18-22-7-3-4-15-27-22/h3-15,17H,16,18H2,1-2H3. The summed E-state index contributed by atoms with van der Waals surface area (Å²) in [5, 5.41) is 0. The van der Waals surface area contributed by atoms with Crippen molar-refractivity contribution < 1.29 is 19.1 Å². The summed E-state index contributed by atoms with van der Waals surface area (Å²) < 4.78 is 11.2. The molecule has 3 aromatic rings. The van der Waals surface area contributed by atoms with Crippen LogP contribution in [0.2, 0.25) is 0 Å². The van der Waals surface area contributed by atoms with Gasteiger partial charge in [0.05, 0.1) is 24.9 Å². The minimum absolute atomic E-state index is 0.216. The number of allylic oxidation sites excluding steroid dienone is 2. The van der Waals surface area contributed by atoms with Crippen LogP contribution in [0.1, 0.15) is 29.1 Å². The second-order valence-electron chi connectivity index (χ2n) is 6.99. The summed E-state index contributed by atoms with van der Waals surface area (Å²) >= 11 is 0. The highest BCUT2D eigenvalue weighted by molar-refractivity contribution is 6.10. The molecule has 0 amide bonds. The van der Waals surface area contributed by atoms with E-state index in [4.69, 9.17) is 9.47 Å². The van der Waals surface area contributed by atoms with Crippen LogP contribution in [0.3, 0.4) is 0 Å². The number of carbonyl (C=O) groups is 2. The summed E-state index contributed by atoms with van der Waals surface area (Å²) in [7, 11) is 1.55. The molecule has 6 heteroatoms. The molecule has 2 heterocycles. The lowest BCUT2D eigenvalue weighted by Crippen LogP contribution is -2.02. The number of methoxy groups -OCH3 is 1. The molecule has 0 radical (unpaired) electrons. The molecule has 6 nitrogen and oxygen atoms in total. The lowest BCUT2D eigenvalue weighted by atomic mass is 10.1. The fourth-order valence-corrected chi connectivity index (χ4v) is 2.87. The molecule has 0 unspecified atom stereocenters. The third-order valence-electron chi connectivity index (χ3n) is 4.46. The van der Waals surface area contributed by atoms with E-state index >= 15 is 0 Å². The summed E-state index contributed by atoms with van der Waals surface area (Å²) in [6.45, 7) is 2.21. The molecule has 32 heavy (non-hydrogen) atoms. The van der Waals surface area contributed by atoms with E-state index in [1.54, 1.807) is 49.7 Å². The number of ether oxygens (including phenoxy) is 2. The Bertz CT molecular complexity index is 1140. The van der Waals surface area contributed by atoms with Crippen molar-refractivity contribution in [2.75, 3.05) is 7.11 Å². The quantitative estimate of drug-likeness (QED) is 0.346. The first-order valence-electron chi connectivity index (χ1n) is 10.1. The molecule has 0 saturated carbocycles. The predicted molar refractivity (Wildman–Crippen MR) is 123 cm³/mol. The first-order chi connectivity index (χ1) is 15.5. The maximum absolute atomic E-state index is 12.2. The number of hydrogen-bond donors (Lipinski definition) is 0. The Hall–Kier alpha value is -4.06. The second-order valence-corrected chi connectivity index (χ2v) is 6.99. The molecule has 0 N–H and O–H groups in total. The summed E-state index contributed by atoms with van der Waals surface area (Å²) in [4.78, 5) is 32.8. The smallest absolute Gasteiger partial charge is 0.163 e. The van der Waals surface area contributed by atoms with Crippen LogP contribution in [-0.2, 0) is 16.2 Å². The van der Waals surface area contributed by atoms with Gasteiger partial charge in [-0.15, -0.1) is 0 Å². The predicted octanol–water partition coefficient (Wildman–Crippen LogP) is 4.63. The molecule has 0 atom stereocenters. The highest BCUT2D eigenvalue weighted by atomic mass is 16.5. The van der Waals surface area contributed by atoms with E-state index in [2.05, 4.69) is 9.97 Å². The number of aryl methyl sites for hydroxylation is 1. The zero-order chi connectivity index (χ0) is 22.8. The van der Waals surface area contributed by atoms with Crippen LogP contribution < -0.4 is 9.47 Å². The molecule has 3 rings (SSSR count). The molecular weight excluding hydrogens is 404 g/mol. The van der Waals surface area contributed by atoms with E-state index in [1.165, 1.54) is 12.2 Å². The largest absolute Gasteiger partial charge is 0.496 e. The minimum Gasteiger partial charge on any atom is -0.496 e. The molecule has 0 spiro atoms. The maximum Gasteiger partial charge on any atom is 0.163 e. The Morgan fingerprint density at radius 3 is 2.50 bits per heavy atom. The SMILES string of the molecule is COc1cc(OCc2ccccn2)ccc1C=CC(=O)CC(=O)C=Cc1cccc(C)n1. The molecule has 0 aliphatic heterocycles. The van der Waals surface area contributed by atoms with Gasteiger partial charge >= 0.3 is 0 Å². The van der Waals surface area contributed by atoms with Gasteiger partial charge in [-0.05, 0) is 67.6 Å². The van der Waals surface area contributed by atoms with Crippen LogP contribution in [-0.4, -0.2) is 28.6 Å². The van der Waals surface area contributed by atoms with E-state index in [9.17, 15) is 9.59 Å². The average Bonchev–Trinajstić information content (AvgIpc) is 2.81. The Kier molecular flexibility index (Phi) is 8.03. The van der Waals surface area contributed by atoms with E-state index in [0.29, 0.717) is 29.4 Å². The minimum atomic E-state index is -0.297.